The third-order valence-electron chi connectivity index (χ3n) is 2.94. The Bertz CT molecular complexity index is 591. The third-order valence-corrected chi connectivity index (χ3v) is 2.94. The highest BCUT2D eigenvalue weighted by molar-refractivity contribution is 6.03. The minimum Gasteiger partial charge on any atom is -0.306 e. The summed E-state index contributed by atoms with van der Waals surface area (Å²) in [5.74, 6) is 0.327. The van der Waals surface area contributed by atoms with E-state index in [4.69, 9.17) is 0 Å². The Balaban J connectivity index is 2.26. The molecular weight excluding hydrogens is 259 g/mol. The minimum absolute atomic E-state index is 0.125. The number of hydrogen-bond acceptors (Lipinski definition) is 3. The second kappa shape index (κ2) is 5.81. The number of H-pyrrole nitrogens is 1. The Morgan fingerprint density at radius 1 is 1.35 bits per heavy atom. The van der Waals surface area contributed by atoms with E-state index in [1.54, 1.807) is 12.1 Å². The van der Waals surface area contributed by atoms with E-state index in [-0.39, 0.29) is 23.5 Å². The molecule has 0 saturated heterocycles. The monoisotopic (exact) mass is 276 g/mol. The zero-order valence-corrected chi connectivity index (χ0v) is 11.7. The molecule has 0 saturated carbocycles. The maximum absolute atomic E-state index is 12.9. The molecule has 20 heavy (non-hydrogen) atoms. The van der Waals surface area contributed by atoms with Crippen LogP contribution in [-0.2, 0) is 0 Å². The number of nitrogens with zero attached hydrogens (tertiary/aromatic N) is 3. The lowest BCUT2D eigenvalue weighted by Gasteiger charge is -2.19. The van der Waals surface area contributed by atoms with Gasteiger partial charge in [0.05, 0.1) is 0 Å². The molecule has 0 aliphatic heterocycles. The van der Waals surface area contributed by atoms with Gasteiger partial charge >= 0.3 is 0 Å². The van der Waals surface area contributed by atoms with Gasteiger partial charge in [-0.15, -0.1) is 5.10 Å². The number of carbonyl (C=O) groups is 1. The summed E-state index contributed by atoms with van der Waals surface area (Å²) >= 11 is 0. The summed E-state index contributed by atoms with van der Waals surface area (Å²) in [6, 6.07) is 5.77. The lowest BCUT2D eigenvalue weighted by atomic mass is 10.2. The topological polar surface area (TPSA) is 61.9 Å². The first kappa shape index (κ1) is 14.2. The van der Waals surface area contributed by atoms with Crippen LogP contribution in [0.4, 0.5) is 10.1 Å². The van der Waals surface area contributed by atoms with Crippen LogP contribution in [0, 0.1) is 5.82 Å². The number of halogens is 1. The number of aromatic amines is 1. The summed E-state index contributed by atoms with van der Waals surface area (Å²) in [6.45, 7) is 6.23. The number of anilines is 1. The molecule has 0 spiro atoms. The SMILES string of the molecule is CCN(C(=O)c1n[nH]c(C(C)C)n1)c1ccc(F)cc1. The molecule has 2 aromatic rings. The maximum Gasteiger partial charge on any atom is 0.297 e. The molecule has 0 bridgehead atoms. The first-order valence-corrected chi connectivity index (χ1v) is 6.52. The van der Waals surface area contributed by atoms with E-state index in [2.05, 4.69) is 15.2 Å². The molecule has 1 aromatic heterocycles. The van der Waals surface area contributed by atoms with Gasteiger partial charge in [0.1, 0.15) is 11.6 Å². The van der Waals surface area contributed by atoms with Crippen molar-refractivity contribution in [2.24, 2.45) is 0 Å². The average molecular weight is 276 g/mol. The highest BCUT2D eigenvalue weighted by Gasteiger charge is 2.21. The molecule has 0 atom stereocenters. The van der Waals surface area contributed by atoms with Gasteiger partial charge in [-0.1, -0.05) is 13.8 Å². The van der Waals surface area contributed by atoms with Gasteiger partial charge in [-0.2, -0.15) is 0 Å². The summed E-state index contributed by atoms with van der Waals surface area (Å²) in [5, 5.41) is 6.70. The molecule has 0 unspecified atom stereocenters. The van der Waals surface area contributed by atoms with Crippen molar-refractivity contribution in [2.75, 3.05) is 11.4 Å². The number of amides is 1. The van der Waals surface area contributed by atoms with Gasteiger partial charge < -0.3 is 4.90 Å². The summed E-state index contributed by atoms with van der Waals surface area (Å²) in [4.78, 5) is 18.1. The van der Waals surface area contributed by atoms with Crippen LogP contribution in [0.3, 0.4) is 0 Å². The van der Waals surface area contributed by atoms with E-state index < -0.39 is 0 Å². The van der Waals surface area contributed by atoms with Gasteiger partial charge in [0, 0.05) is 18.2 Å². The third kappa shape index (κ3) is 2.84. The minimum atomic E-state index is -0.336. The molecular formula is C14H17FN4O. The smallest absolute Gasteiger partial charge is 0.297 e. The van der Waals surface area contributed by atoms with Crippen LogP contribution < -0.4 is 4.90 Å². The van der Waals surface area contributed by atoms with Crippen LogP contribution >= 0.6 is 0 Å². The molecule has 0 aliphatic rings. The second-order valence-electron chi connectivity index (χ2n) is 4.72. The Labute approximate surface area is 116 Å². The fraction of sp³-hybridized carbons (Fsp3) is 0.357. The van der Waals surface area contributed by atoms with Gasteiger partial charge in [0.25, 0.3) is 5.91 Å². The Kier molecular flexibility index (Phi) is 4.12. The zero-order valence-electron chi connectivity index (χ0n) is 11.7. The van der Waals surface area contributed by atoms with Crippen LogP contribution in [-0.4, -0.2) is 27.6 Å². The van der Waals surface area contributed by atoms with Crippen molar-refractivity contribution < 1.29 is 9.18 Å². The van der Waals surface area contributed by atoms with Crippen molar-refractivity contribution in [1.82, 2.24) is 15.2 Å². The summed E-state index contributed by atoms with van der Waals surface area (Å²) in [7, 11) is 0. The average Bonchev–Trinajstić information content (AvgIpc) is 2.91. The van der Waals surface area contributed by atoms with Gasteiger partial charge in [-0.3, -0.25) is 9.89 Å². The molecule has 1 N–H and O–H groups in total. The fourth-order valence-electron chi connectivity index (χ4n) is 1.81. The van der Waals surface area contributed by atoms with Crippen molar-refractivity contribution in [3.05, 3.63) is 41.7 Å². The molecule has 6 heteroatoms. The van der Waals surface area contributed by atoms with Crippen molar-refractivity contribution in [1.29, 1.82) is 0 Å². The highest BCUT2D eigenvalue weighted by atomic mass is 19.1. The number of benzene rings is 1. The highest BCUT2D eigenvalue weighted by Crippen LogP contribution is 2.17. The predicted octanol–water partition coefficient (Wildman–Crippen LogP) is 2.73. The molecule has 0 aliphatic carbocycles. The van der Waals surface area contributed by atoms with Crippen molar-refractivity contribution >= 4 is 11.6 Å². The van der Waals surface area contributed by atoms with Crippen LogP contribution in [0.15, 0.2) is 24.3 Å². The van der Waals surface area contributed by atoms with E-state index in [0.29, 0.717) is 18.1 Å². The first-order chi connectivity index (χ1) is 9.52. The Morgan fingerprint density at radius 3 is 2.50 bits per heavy atom. The molecule has 2 rings (SSSR count). The van der Waals surface area contributed by atoms with E-state index in [1.807, 2.05) is 20.8 Å². The molecule has 1 amide bonds. The molecule has 0 radical (unpaired) electrons. The van der Waals surface area contributed by atoms with Gasteiger partial charge in [-0.05, 0) is 31.2 Å². The lowest BCUT2D eigenvalue weighted by molar-refractivity contribution is 0.0978. The number of nitrogens with one attached hydrogen (secondary N) is 1. The number of aromatic nitrogens is 3. The van der Waals surface area contributed by atoms with Crippen LogP contribution in [0.2, 0.25) is 0 Å². The van der Waals surface area contributed by atoms with Crippen LogP contribution in [0.1, 0.15) is 43.1 Å². The maximum atomic E-state index is 12.9. The van der Waals surface area contributed by atoms with E-state index >= 15 is 0 Å². The van der Waals surface area contributed by atoms with Crippen LogP contribution in [0.25, 0.3) is 0 Å². The lowest BCUT2D eigenvalue weighted by Crippen LogP contribution is -2.31. The van der Waals surface area contributed by atoms with Crippen molar-refractivity contribution in [3.63, 3.8) is 0 Å². The summed E-state index contributed by atoms with van der Waals surface area (Å²) in [6.07, 6.45) is 0. The van der Waals surface area contributed by atoms with Crippen molar-refractivity contribution in [2.45, 2.75) is 26.7 Å². The molecule has 5 nitrogen and oxygen atoms in total. The number of rotatable bonds is 4. The Hall–Kier alpha value is -2.24. The molecule has 1 heterocycles. The van der Waals surface area contributed by atoms with Crippen molar-refractivity contribution in [3.8, 4) is 0 Å². The second-order valence-corrected chi connectivity index (χ2v) is 4.72. The van der Waals surface area contributed by atoms with Gasteiger partial charge in [0.2, 0.25) is 5.82 Å². The Morgan fingerprint density at radius 2 is 2.00 bits per heavy atom. The molecule has 1 aromatic carbocycles. The van der Waals surface area contributed by atoms with Crippen LogP contribution in [0.5, 0.6) is 0 Å². The first-order valence-electron chi connectivity index (χ1n) is 6.52. The number of hydrogen-bond donors (Lipinski definition) is 1. The van der Waals surface area contributed by atoms with Gasteiger partial charge in [-0.25, -0.2) is 9.37 Å². The molecule has 106 valence electrons. The van der Waals surface area contributed by atoms with E-state index in [9.17, 15) is 9.18 Å². The standard InChI is InChI=1S/C14H17FN4O/c1-4-19(11-7-5-10(15)6-8-11)14(20)13-16-12(9(2)3)17-18-13/h5-9H,4H2,1-3H3,(H,16,17,18). The largest absolute Gasteiger partial charge is 0.306 e. The fourth-order valence-corrected chi connectivity index (χ4v) is 1.81. The summed E-state index contributed by atoms with van der Waals surface area (Å²) in [5.41, 5.74) is 0.620. The zero-order chi connectivity index (χ0) is 14.7. The predicted molar refractivity (Wildman–Crippen MR) is 74.2 cm³/mol. The van der Waals surface area contributed by atoms with E-state index in [0.717, 1.165) is 0 Å². The summed E-state index contributed by atoms with van der Waals surface area (Å²) < 4.78 is 12.9. The number of carbonyl (C=O) groups excluding carboxylic acids is 1. The molecule has 0 fully saturated rings. The van der Waals surface area contributed by atoms with E-state index in [1.165, 1.54) is 17.0 Å². The quantitative estimate of drug-likeness (QED) is 0.934. The van der Waals surface area contributed by atoms with Gasteiger partial charge in [0.15, 0.2) is 0 Å². The normalized spacial score (nSPS) is 10.8.